The van der Waals surface area contributed by atoms with Crippen LogP contribution in [0.3, 0.4) is 0 Å². The summed E-state index contributed by atoms with van der Waals surface area (Å²) in [6, 6.07) is 19.4. The van der Waals surface area contributed by atoms with Gasteiger partial charge in [0.2, 0.25) is 11.7 Å². The summed E-state index contributed by atoms with van der Waals surface area (Å²) in [6.07, 6.45) is -0.735. The Morgan fingerprint density at radius 3 is 2.18 bits per heavy atom. The van der Waals surface area contributed by atoms with Crippen molar-refractivity contribution in [3.8, 4) is 0 Å². The van der Waals surface area contributed by atoms with Crippen molar-refractivity contribution in [1.82, 2.24) is 0 Å². The van der Waals surface area contributed by atoms with Gasteiger partial charge in [-0.1, -0.05) is 53.6 Å². The monoisotopic (exact) mass is 549 g/mol. The van der Waals surface area contributed by atoms with Crippen molar-refractivity contribution in [1.29, 1.82) is 0 Å². The fourth-order valence-corrected chi connectivity index (χ4v) is 3.72. The van der Waals surface area contributed by atoms with Crippen molar-refractivity contribution in [2.24, 2.45) is 0 Å². The Balaban J connectivity index is 1.37. The molecule has 0 radical (unpaired) electrons. The number of amides is 1. The molecular formula is C30H28ClNO7. The Bertz CT molecular complexity index is 1350. The van der Waals surface area contributed by atoms with Crippen LogP contribution < -0.4 is 5.32 Å². The first-order valence-electron chi connectivity index (χ1n) is 12.3. The molecule has 0 aliphatic rings. The first kappa shape index (κ1) is 29.3. The summed E-state index contributed by atoms with van der Waals surface area (Å²) in [4.78, 5) is 61.1. The van der Waals surface area contributed by atoms with Gasteiger partial charge in [0.15, 0.2) is 18.5 Å². The van der Waals surface area contributed by atoms with Crippen LogP contribution in [0.15, 0.2) is 72.8 Å². The van der Waals surface area contributed by atoms with Crippen LogP contribution in [0.1, 0.15) is 62.8 Å². The third-order valence-corrected chi connectivity index (χ3v) is 5.92. The summed E-state index contributed by atoms with van der Waals surface area (Å²) in [7, 11) is 0. The van der Waals surface area contributed by atoms with Gasteiger partial charge in [0.05, 0.1) is 5.56 Å². The van der Waals surface area contributed by atoms with Crippen LogP contribution in [-0.4, -0.2) is 42.1 Å². The predicted molar refractivity (Wildman–Crippen MR) is 146 cm³/mol. The van der Waals surface area contributed by atoms with E-state index in [9.17, 15) is 24.0 Å². The molecule has 0 aliphatic carbocycles. The number of hydrogen-bond donors (Lipinski definition) is 1. The summed E-state index contributed by atoms with van der Waals surface area (Å²) in [6.45, 7) is 3.01. The van der Waals surface area contributed by atoms with E-state index in [-0.39, 0.29) is 48.9 Å². The van der Waals surface area contributed by atoms with Gasteiger partial charge in [-0.25, -0.2) is 4.79 Å². The number of carbonyl (C=O) groups is 5. The molecule has 3 rings (SSSR count). The molecule has 3 aromatic rings. The third-order valence-electron chi connectivity index (χ3n) is 5.68. The van der Waals surface area contributed by atoms with Gasteiger partial charge in [-0.05, 0) is 56.7 Å². The highest BCUT2D eigenvalue weighted by Crippen LogP contribution is 2.15. The van der Waals surface area contributed by atoms with Crippen LogP contribution in [0.25, 0.3) is 0 Å². The van der Waals surface area contributed by atoms with E-state index in [2.05, 4.69) is 5.32 Å². The van der Waals surface area contributed by atoms with Crippen LogP contribution >= 0.6 is 11.6 Å². The van der Waals surface area contributed by atoms with Crippen LogP contribution in [0, 0.1) is 6.92 Å². The number of esters is 2. The first-order valence-corrected chi connectivity index (χ1v) is 12.7. The maximum Gasteiger partial charge on any atom is 0.338 e. The summed E-state index contributed by atoms with van der Waals surface area (Å²) < 4.78 is 10.3. The number of ether oxygens (including phenoxy) is 2. The molecule has 202 valence electrons. The lowest BCUT2D eigenvalue weighted by Crippen LogP contribution is -2.24. The highest BCUT2D eigenvalue weighted by atomic mass is 35.5. The van der Waals surface area contributed by atoms with E-state index in [1.54, 1.807) is 42.5 Å². The highest BCUT2D eigenvalue weighted by Gasteiger charge is 2.20. The summed E-state index contributed by atoms with van der Waals surface area (Å²) >= 11 is 5.89. The fraction of sp³-hybridized carbons (Fsp3) is 0.233. The topological polar surface area (TPSA) is 116 Å². The molecule has 9 heteroatoms. The number of ketones is 2. The molecule has 0 spiro atoms. The molecule has 0 aliphatic heterocycles. The molecular weight excluding hydrogens is 522 g/mol. The SMILES string of the molecule is Cc1ccc(C(=O)COC(=O)c2ccc(NC(=O)CCCC(=O)OC(C)C(=O)c3cccc(Cl)c3)cc2)cc1. The van der Waals surface area contributed by atoms with Gasteiger partial charge < -0.3 is 14.8 Å². The number of halogens is 1. The molecule has 3 aromatic carbocycles. The minimum atomic E-state index is -0.976. The number of nitrogens with one attached hydrogen (secondary N) is 1. The Morgan fingerprint density at radius 1 is 0.846 bits per heavy atom. The molecule has 0 heterocycles. The van der Waals surface area contributed by atoms with Gasteiger partial charge in [0.25, 0.3) is 0 Å². The van der Waals surface area contributed by atoms with Crippen molar-refractivity contribution in [3.63, 3.8) is 0 Å². The molecule has 1 unspecified atom stereocenters. The fourth-order valence-electron chi connectivity index (χ4n) is 3.53. The highest BCUT2D eigenvalue weighted by molar-refractivity contribution is 6.31. The number of Topliss-reactive ketones (excluding diaryl/α,β-unsaturated/α-hetero) is 2. The zero-order chi connectivity index (χ0) is 28.4. The van der Waals surface area contributed by atoms with Crippen LogP contribution in [0.4, 0.5) is 5.69 Å². The zero-order valence-electron chi connectivity index (χ0n) is 21.6. The van der Waals surface area contributed by atoms with E-state index in [0.717, 1.165) is 5.56 Å². The molecule has 1 N–H and O–H groups in total. The lowest BCUT2D eigenvalue weighted by Gasteiger charge is -2.12. The Labute approximate surface area is 231 Å². The van der Waals surface area contributed by atoms with Crippen LogP contribution in [-0.2, 0) is 19.1 Å². The van der Waals surface area contributed by atoms with E-state index in [0.29, 0.717) is 21.8 Å². The number of anilines is 1. The molecule has 8 nitrogen and oxygen atoms in total. The van der Waals surface area contributed by atoms with Crippen LogP contribution in [0.2, 0.25) is 5.02 Å². The largest absolute Gasteiger partial charge is 0.454 e. The Morgan fingerprint density at radius 2 is 1.51 bits per heavy atom. The molecule has 0 saturated heterocycles. The normalized spacial score (nSPS) is 11.3. The van der Waals surface area contributed by atoms with E-state index >= 15 is 0 Å². The molecule has 0 fully saturated rings. The Hall–Kier alpha value is -4.30. The van der Waals surface area contributed by atoms with Crippen molar-refractivity contribution in [3.05, 3.63) is 100 Å². The second-order valence-corrected chi connectivity index (χ2v) is 9.29. The van der Waals surface area contributed by atoms with Crippen LogP contribution in [0.5, 0.6) is 0 Å². The number of hydrogen-bond acceptors (Lipinski definition) is 7. The van der Waals surface area contributed by atoms with Gasteiger partial charge in [0.1, 0.15) is 0 Å². The molecule has 0 saturated carbocycles. The number of carbonyl (C=O) groups excluding carboxylic acids is 5. The third kappa shape index (κ3) is 9.19. The zero-order valence-corrected chi connectivity index (χ0v) is 22.3. The smallest absolute Gasteiger partial charge is 0.338 e. The van der Waals surface area contributed by atoms with Crippen molar-refractivity contribution < 1.29 is 33.4 Å². The summed E-state index contributed by atoms with van der Waals surface area (Å²) in [5.74, 6) is -2.25. The average Bonchev–Trinajstić information content (AvgIpc) is 2.91. The van der Waals surface area contributed by atoms with Crippen molar-refractivity contribution in [2.75, 3.05) is 11.9 Å². The summed E-state index contributed by atoms with van der Waals surface area (Å²) in [5, 5.41) is 3.09. The average molecular weight is 550 g/mol. The minimum absolute atomic E-state index is 0.0350. The van der Waals surface area contributed by atoms with E-state index in [1.165, 1.54) is 37.3 Å². The van der Waals surface area contributed by atoms with Crippen molar-refractivity contribution >= 4 is 46.7 Å². The quantitative estimate of drug-likeness (QED) is 0.230. The maximum absolute atomic E-state index is 12.4. The molecule has 1 amide bonds. The number of benzene rings is 3. The maximum atomic E-state index is 12.4. The lowest BCUT2D eigenvalue weighted by molar-refractivity contribution is -0.146. The molecule has 0 aromatic heterocycles. The standard InChI is InChI=1S/C30H28ClNO7/c1-19-9-11-21(12-10-19)26(33)18-38-30(37)22-13-15-25(16-14-22)32-27(34)7-4-8-28(35)39-20(2)29(36)23-5-3-6-24(31)17-23/h3,5-6,9-17,20H,4,7-8,18H2,1-2H3,(H,32,34). The van der Waals surface area contributed by atoms with Gasteiger partial charge in [-0.2, -0.15) is 0 Å². The molecule has 0 bridgehead atoms. The second-order valence-electron chi connectivity index (χ2n) is 8.85. The van der Waals surface area contributed by atoms with E-state index < -0.39 is 18.0 Å². The van der Waals surface area contributed by atoms with Gasteiger partial charge in [0, 0.05) is 34.7 Å². The van der Waals surface area contributed by atoms with Gasteiger partial charge in [-0.15, -0.1) is 0 Å². The molecule has 1 atom stereocenters. The van der Waals surface area contributed by atoms with E-state index in [4.69, 9.17) is 21.1 Å². The summed E-state index contributed by atoms with van der Waals surface area (Å²) in [5.41, 5.74) is 2.51. The van der Waals surface area contributed by atoms with Crippen molar-refractivity contribution in [2.45, 2.75) is 39.2 Å². The van der Waals surface area contributed by atoms with Gasteiger partial charge >= 0.3 is 11.9 Å². The molecule has 39 heavy (non-hydrogen) atoms. The first-order chi connectivity index (χ1) is 18.6. The number of aryl methyl sites for hydroxylation is 1. The predicted octanol–water partition coefficient (Wildman–Crippen LogP) is 5.61. The lowest BCUT2D eigenvalue weighted by atomic mass is 10.1. The van der Waals surface area contributed by atoms with E-state index in [1.807, 2.05) is 6.92 Å². The Kier molecular flexibility index (Phi) is 10.5. The second kappa shape index (κ2) is 14.0. The van der Waals surface area contributed by atoms with Gasteiger partial charge in [-0.3, -0.25) is 19.2 Å². The minimum Gasteiger partial charge on any atom is -0.454 e. The number of rotatable bonds is 12.